The van der Waals surface area contributed by atoms with Crippen LogP contribution in [0.5, 0.6) is 11.5 Å². The van der Waals surface area contributed by atoms with Crippen LogP contribution in [0.2, 0.25) is 0 Å². The molecule has 1 unspecified atom stereocenters. The Kier molecular flexibility index (Phi) is 8.20. The third-order valence-electron chi connectivity index (χ3n) is 5.92. The van der Waals surface area contributed by atoms with Gasteiger partial charge in [0.2, 0.25) is 0 Å². The van der Waals surface area contributed by atoms with Crippen LogP contribution < -0.4 is 14.2 Å². The van der Waals surface area contributed by atoms with Crippen LogP contribution >= 0.6 is 0 Å². The number of aliphatic hydroxyl groups excluding tert-OH is 2. The molecule has 4 rings (SSSR count). The van der Waals surface area contributed by atoms with Crippen LogP contribution in [-0.4, -0.2) is 40.1 Å². The summed E-state index contributed by atoms with van der Waals surface area (Å²) in [6.07, 6.45) is 1.35. The van der Waals surface area contributed by atoms with Gasteiger partial charge in [0, 0.05) is 12.0 Å². The molecule has 0 bridgehead atoms. The van der Waals surface area contributed by atoms with Gasteiger partial charge in [-0.1, -0.05) is 30.3 Å². The molecular weight excluding hydrogens is 478 g/mol. The summed E-state index contributed by atoms with van der Waals surface area (Å²) in [5.74, 6) is 0.725. The van der Waals surface area contributed by atoms with E-state index in [9.17, 15) is 19.2 Å². The Balaban J connectivity index is 1.44. The van der Waals surface area contributed by atoms with E-state index in [2.05, 4.69) is 16.9 Å². The lowest BCUT2D eigenvalue weighted by molar-refractivity contribution is -0.114. The number of aryl methyl sites for hydroxylation is 2. The minimum absolute atomic E-state index is 0.122. The summed E-state index contributed by atoms with van der Waals surface area (Å²) >= 11 is 0. The van der Waals surface area contributed by atoms with Crippen molar-refractivity contribution in [2.75, 3.05) is 19.8 Å². The van der Waals surface area contributed by atoms with Gasteiger partial charge in [-0.05, 0) is 77.6 Å². The summed E-state index contributed by atoms with van der Waals surface area (Å²) in [6, 6.07) is 19.3. The Morgan fingerprint density at radius 2 is 1.58 bits per heavy atom. The summed E-state index contributed by atoms with van der Waals surface area (Å²) in [6.45, 7) is 4.46. The van der Waals surface area contributed by atoms with Crippen LogP contribution in [0, 0.1) is 19.8 Å². The zero-order valence-electron chi connectivity index (χ0n) is 20.2. The number of nitrogens with one attached hydrogen (secondary N) is 1. The highest BCUT2D eigenvalue weighted by Gasteiger charge is 2.20. The van der Waals surface area contributed by atoms with Gasteiger partial charge >= 0.3 is 0 Å². The van der Waals surface area contributed by atoms with Crippen molar-refractivity contribution in [2.45, 2.75) is 20.5 Å². The maximum Gasteiger partial charge on any atom is 0.257 e. The first-order valence-corrected chi connectivity index (χ1v) is 12.8. The van der Waals surface area contributed by atoms with E-state index in [4.69, 9.17) is 9.47 Å². The topological polar surface area (TPSA) is 105 Å². The number of amides is 1. The molecule has 0 aliphatic carbocycles. The summed E-state index contributed by atoms with van der Waals surface area (Å²) < 4.78 is 26.0. The van der Waals surface area contributed by atoms with Gasteiger partial charge in [-0.3, -0.25) is 9.52 Å². The summed E-state index contributed by atoms with van der Waals surface area (Å²) in [5.41, 5.74) is 6.05. The molecule has 1 aliphatic heterocycles. The molecule has 8 heteroatoms. The summed E-state index contributed by atoms with van der Waals surface area (Å²) in [5, 5.41) is 18.5. The second kappa shape index (κ2) is 11.5. The van der Waals surface area contributed by atoms with E-state index in [0.29, 0.717) is 28.6 Å². The number of benzene rings is 3. The molecule has 0 fully saturated rings. The fraction of sp³-hybridized carbons (Fsp3) is 0.250. The quantitative estimate of drug-likeness (QED) is 0.387. The standard InChI is InChI=1S/C28H29NO6S/c1-18-10-25(35-17-21(14-30)15-31)11-19(2)28(18)23-5-3-4-20(12-23)16-34-24-8-6-22(7-9-24)26-13-27(32)29-36(26)33/h3-13,21,30-31H,14-17H2,1-2H3,(H,29,32). The van der Waals surface area contributed by atoms with E-state index >= 15 is 0 Å². The van der Waals surface area contributed by atoms with Crippen molar-refractivity contribution in [1.29, 1.82) is 0 Å². The molecule has 3 aromatic rings. The highest BCUT2D eigenvalue weighted by molar-refractivity contribution is 7.93. The average molecular weight is 508 g/mol. The first-order chi connectivity index (χ1) is 17.4. The smallest absolute Gasteiger partial charge is 0.257 e. The predicted octanol–water partition coefficient (Wildman–Crippen LogP) is 3.66. The van der Waals surface area contributed by atoms with Crippen molar-refractivity contribution in [1.82, 2.24) is 4.72 Å². The molecule has 188 valence electrons. The van der Waals surface area contributed by atoms with Crippen molar-refractivity contribution in [3.8, 4) is 22.6 Å². The second-order valence-electron chi connectivity index (χ2n) is 8.73. The number of ether oxygens (including phenoxy) is 2. The third kappa shape index (κ3) is 6.02. The second-order valence-corrected chi connectivity index (χ2v) is 9.91. The molecule has 0 saturated heterocycles. The molecule has 3 aromatic carbocycles. The van der Waals surface area contributed by atoms with Crippen molar-refractivity contribution in [3.63, 3.8) is 0 Å². The fourth-order valence-corrected chi connectivity index (χ4v) is 4.99. The van der Waals surface area contributed by atoms with Gasteiger partial charge in [0.1, 0.15) is 18.1 Å². The number of aliphatic hydroxyl groups is 2. The SMILES string of the molecule is Cc1cc(OCC(CO)CO)cc(C)c1-c1cccc(COc2ccc(C3=CC(=O)NS3=O)cc2)c1. The third-order valence-corrected chi connectivity index (χ3v) is 7.06. The molecule has 1 heterocycles. The zero-order valence-corrected chi connectivity index (χ0v) is 21.0. The van der Waals surface area contributed by atoms with Crippen LogP contribution in [-0.2, 0) is 22.4 Å². The van der Waals surface area contributed by atoms with Crippen LogP contribution in [0.4, 0.5) is 0 Å². The molecule has 1 atom stereocenters. The van der Waals surface area contributed by atoms with Gasteiger partial charge in [0.25, 0.3) is 5.91 Å². The van der Waals surface area contributed by atoms with Crippen LogP contribution in [0.3, 0.4) is 0 Å². The minimum atomic E-state index is -1.52. The summed E-state index contributed by atoms with van der Waals surface area (Å²) in [7, 11) is -1.52. The first-order valence-electron chi connectivity index (χ1n) is 11.6. The minimum Gasteiger partial charge on any atom is -0.493 e. The van der Waals surface area contributed by atoms with Gasteiger partial charge in [-0.2, -0.15) is 0 Å². The van der Waals surface area contributed by atoms with Crippen LogP contribution in [0.1, 0.15) is 22.3 Å². The molecule has 36 heavy (non-hydrogen) atoms. The van der Waals surface area contributed by atoms with E-state index in [1.807, 2.05) is 38.1 Å². The van der Waals surface area contributed by atoms with E-state index in [0.717, 1.165) is 27.8 Å². The monoisotopic (exact) mass is 507 g/mol. The maximum atomic E-state index is 11.9. The predicted molar refractivity (Wildman–Crippen MR) is 140 cm³/mol. The van der Waals surface area contributed by atoms with Crippen molar-refractivity contribution in [3.05, 3.63) is 89.0 Å². The van der Waals surface area contributed by atoms with E-state index in [1.165, 1.54) is 6.08 Å². The van der Waals surface area contributed by atoms with Crippen LogP contribution in [0.25, 0.3) is 16.0 Å². The average Bonchev–Trinajstić information content (AvgIpc) is 3.21. The molecule has 1 amide bonds. The maximum absolute atomic E-state index is 11.9. The largest absolute Gasteiger partial charge is 0.493 e. The number of carbonyl (C=O) groups is 1. The lowest BCUT2D eigenvalue weighted by Gasteiger charge is -2.17. The number of rotatable bonds is 10. The van der Waals surface area contributed by atoms with Gasteiger partial charge in [0.15, 0.2) is 11.0 Å². The molecule has 0 aromatic heterocycles. The Labute approximate surface area is 213 Å². The normalized spacial score (nSPS) is 15.1. The van der Waals surface area contributed by atoms with Gasteiger partial charge in [-0.25, -0.2) is 4.21 Å². The van der Waals surface area contributed by atoms with Crippen molar-refractivity contribution < 1.29 is 28.7 Å². The van der Waals surface area contributed by atoms with Crippen molar-refractivity contribution in [2.24, 2.45) is 5.92 Å². The fourth-order valence-electron chi connectivity index (χ4n) is 4.08. The lowest BCUT2D eigenvalue weighted by atomic mass is 9.94. The first kappa shape index (κ1) is 25.6. The van der Waals surface area contributed by atoms with Gasteiger partial charge in [-0.15, -0.1) is 0 Å². The number of carbonyl (C=O) groups excluding carboxylic acids is 1. The Bertz CT molecular complexity index is 1270. The zero-order chi connectivity index (χ0) is 25.7. The highest BCUT2D eigenvalue weighted by atomic mass is 32.2. The Morgan fingerprint density at radius 3 is 2.19 bits per heavy atom. The Morgan fingerprint density at radius 1 is 0.889 bits per heavy atom. The molecule has 0 saturated carbocycles. The lowest BCUT2D eigenvalue weighted by Crippen LogP contribution is -2.19. The number of hydrogen-bond acceptors (Lipinski definition) is 6. The van der Waals surface area contributed by atoms with E-state index in [-0.39, 0.29) is 31.6 Å². The molecule has 0 radical (unpaired) electrons. The van der Waals surface area contributed by atoms with E-state index < -0.39 is 11.0 Å². The molecule has 0 spiro atoms. The molecule has 3 N–H and O–H groups in total. The Hall–Kier alpha value is -3.46. The van der Waals surface area contributed by atoms with Gasteiger partial charge < -0.3 is 19.7 Å². The molecule has 7 nitrogen and oxygen atoms in total. The van der Waals surface area contributed by atoms with Gasteiger partial charge in [0.05, 0.1) is 24.7 Å². The number of hydrogen-bond donors (Lipinski definition) is 3. The molecular formula is C28H29NO6S. The van der Waals surface area contributed by atoms with Crippen LogP contribution in [0.15, 0.2) is 66.7 Å². The highest BCUT2D eigenvalue weighted by Crippen LogP contribution is 2.32. The van der Waals surface area contributed by atoms with Crippen molar-refractivity contribution >= 4 is 21.8 Å². The summed E-state index contributed by atoms with van der Waals surface area (Å²) in [4.78, 5) is 11.9. The molecule has 1 aliphatic rings. The van der Waals surface area contributed by atoms with E-state index in [1.54, 1.807) is 24.3 Å².